The van der Waals surface area contributed by atoms with Crippen LogP contribution in [0.1, 0.15) is 54.6 Å². The van der Waals surface area contributed by atoms with Crippen LogP contribution < -0.4 is 11.1 Å². The Morgan fingerprint density at radius 2 is 1.54 bits per heavy atom. The molecule has 4 aliphatic rings. The molecular formula is C21H24N4O. The van der Waals surface area contributed by atoms with Gasteiger partial charge in [-0.1, -0.05) is 12.1 Å². The number of nitrogens with two attached hydrogens (primary N) is 1. The van der Waals surface area contributed by atoms with Crippen LogP contribution in [-0.2, 0) is 5.41 Å². The molecule has 0 aliphatic heterocycles. The molecule has 26 heavy (non-hydrogen) atoms. The third kappa shape index (κ3) is 2.57. The van der Waals surface area contributed by atoms with Crippen LogP contribution in [0.4, 0.5) is 11.5 Å². The normalized spacial score (nSPS) is 31.8. The molecule has 0 spiro atoms. The van der Waals surface area contributed by atoms with E-state index in [9.17, 15) is 4.79 Å². The zero-order valence-corrected chi connectivity index (χ0v) is 14.8. The van der Waals surface area contributed by atoms with Crippen LogP contribution in [0.25, 0.3) is 0 Å². The quantitative estimate of drug-likeness (QED) is 0.884. The summed E-state index contributed by atoms with van der Waals surface area (Å²) in [6.45, 7) is 0. The molecule has 1 amide bonds. The van der Waals surface area contributed by atoms with Gasteiger partial charge >= 0.3 is 0 Å². The Hall–Kier alpha value is -2.43. The summed E-state index contributed by atoms with van der Waals surface area (Å²) in [6.07, 6.45) is 11.4. The van der Waals surface area contributed by atoms with Crippen molar-refractivity contribution in [2.75, 3.05) is 11.1 Å². The molecule has 0 radical (unpaired) electrons. The molecular weight excluding hydrogens is 324 g/mol. The van der Waals surface area contributed by atoms with E-state index in [4.69, 9.17) is 5.73 Å². The molecule has 6 rings (SSSR count). The zero-order chi connectivity index (χ0) is 17.7. The summed E-state index contributed by atoms with van der Waals surface area (Å²) in [7, 11) is 0. The summed E-state index contributed by atoms with van der Waals surface area (Å²) in [5, 5.41) is 2.88. The van der Waals surface area contributed by atoms with Crippen molar-refractivity contribution in [2.45, 2.75) is 43.9 Å². The predicted molar refractivity (Wildman–Crippen MR) is 101 cm³/mol. The molecule has 5 nitrogen and oxygen atoms in total. The second kappa shape index (κ2) is 5.79. The largest absolute Gasteiger partial charge is 0.382 e. The second-order valence-electron chi connectivity index (χ2n) is 8.52. The molecule has 1 aromatic heterocycles. The summed E-state index contributed by atoms with van der Waals surface area (Å²) >= 11 is 0. The Morgan fingerprint density at radius 1 is 0.962 bits per heavy atom. The van der Waals surface area contributed by atoms with Crippen LogP contribution in [0.15, 0.2) is 36.7 Å². The van der Waals surface area contributed by atoms with E-state index in [-0.39, 0.29) is 17.4 Å². The van der Waals surface area contributed by atoms with Crippen molar-refractivity contribution in [1.29, 1.82) is 0 Å². The molecule has 4 saturated carbocycles. The zero-order valence-electron chi connectivity index (χ0n) is 14.8. The van der Waals surface area contributed by atoms with Crippen molar-refractivity contribution in [3.63, 3.8) is 0 Å². The first-order valence-corrected chi connectivity index (χ1v) is 9.60. The van der Waals surface area contributed by atoms with Gasteiger partial charge in [0.2, 0.25) is 0 Å². The molecule has 0 atom stereocenters. The molecule has 0 saturated heterocycles. The van der Waals surface area contributed by atoms with E-state index in [0.29, 0.717) is 5.41 Å². The number of hydrogen-bond donors (Lipinski definition) is 2. The van der Waals surface area contributed by atoms with Crippen molar-refractivity contribution in [3.05, 3.63) is 47.9 Å². The average molecular weight is 348 g/mol. The summed E-state index contributed by atoms with van der Waals surface area (Å²) in [5.74, 6) is 2.62. The Morgan fingerprint density at radius 3 is 2.12 bits per heavy atom. The maximum absolute atomic E-state index is 12.3. The highest BCUT2D eigenvalue weighted by atomic mass is 16.1. The summed E-state index contributed by atoms with van der Waals surface area (Å²) in [4.78, 5) is 20.3. The predicted octanol–water partition coefficient (Wildman–Crippen LogP) is 3.78. The highest BCUT2D eigenvalue weighted by Gasteiger charge is 2.51. The molecule has 4 bridgehead atoms. The highest BCUT2D eigenvalue weighted by molar-refractivity contribution is 6.05. The number of nitrogens with one attached hydrogen (secondary N) is 1. The fourth-order valence-corrected chi connectivity index (χ4v) is 6.09. The molecule has 5 heteroatoms. The molecule has 2 aromatic rings. The molecule has 134 valence electrons. The molecule has 4 fully saturated rings. The maximum atomic E-state index is 12.3. The molecule has 4 aliphatic carbocycles. The first-order valence-electron chi connectivity index (χ1n) is 9.60. The SMILES string of the molecule is Nc1nccnc1C(=O)Nc1ccc(C23CC4CC(CC(C4)C2)C3)cc1. The second-order valence-corrected chi connectivity index (χ2v) is 8.52. The summed E-state index contributed by atoms with van der Waals surface area (Å²) < 4.78 is 0. The van der Waals surface area contributed by atoms with Crippen LogP contribution in [0.2, 0.25) is 0 Å². The lowest BCUT2D eigenvalue weighted by molar-refractivity contribution is -0.00518. The maximum Gasteiger partial charge on any atom is 0.278 e. The van der Waals surface area contributed by atoms with Gasteiger partial charge in [-0.05, 0) is 79.4 Å². The monoisotopic (exact) mass is 348 g/mol. The minimum absolute atomic E-state index is 0.148. The van der Waals surface area contributed by atoms with Gasteiger partial charge in [0.1, 0.15) is 0 Å². The van der Waals surface area contributed by atoms with E-state index in [2.05, 4.69) is 27.4 Å². The van der Waals surface area contributed by atoms with E-state index in [1.807, 2.05) is 12.1 Å². The summed E-state index contributed by atoms with van der Waals surface area (Å²) in [6, 6.07) is 8.45. The fourth-order valence-electron chi connectivity index (χ4n) is 6.09. The first kappa shape index (κ1) is 15.8. The molecule has 3 N–H and O–H groups in total. The van der Waals surface area contributed by atoms with Gasteiger partial charge in [-0.2, -0.15) is 0 Å². The Labute approximate surface area is 153 Å². The van der Waals surface area contributed by atoms with Crippen LogP contribution in [-0.4, -0.2) is 15.9 Å². The molecule has 1 heterocycles. The lowest BCUT2D eigenvalue weighted by atomic mass is 9.48. The van der Waals surface area contributed by atoms with Gasteiger partial charge in [0.25, 0.3) is 5.91 Å². The number of rotatable bonds is 3. The van der Waals surface area contributed by atoms with Gasteiger partial charge in [-0.15, -0.1) is 0 Å². The number of carbonyl (C=O) groups is 1. The van der Waals surface area contributed by atoms with Gasteiger partial charge in [-0.25, -0.2) is 9.97 Å². The van der Waals surface area contributed by atoms with Gasteiger partial charge in [0.05, 0.1) is 0 Å². The standard InChI is InChI=1S/C21H24N4O/c22-19-18(23-5-6-24-19)20(26)25-17-3-1-16(2-4-17)21-10-13-7-14(11-21)9-15(8-13)12-21/h1-6,13-15H,7-12H2,(H2,22,24)(H,25,26). The van der Waals surface area contributed by atoms with Crippen LogP contribution in [0.3, 0.4) is 0 Å². The molecule has 0 unspecified atom stereocenters. The third-order valence-electron chi connectivity index (χ3n) is 6.73. The van der Waals surface area contributed by atoms with Crippen molar-refractivity contribution >= 4 is 17.4 Å². The van der Waals surface area contributed by atoms with Gasteiger partial charge in [0.15, 0.2) is 11.5 Å². The van der Waals surface area contributed by atoms with Crippen molar-refractivity contribution in [3.8, 4) is 0 Å². The first-order chi connectivity index (χ1) is 12.6. The third-order valence-corrected chi connectivity index (χ3v) is 6.73. The lowest BCUT2D eigenvalue weighted by Gasteiger charge is -2.57. The van der Waals surface area contributed by atoms with E-state index in [1.54, 1.807) is 0 Å². The van der Waals surface area contributed by atoms with Gasteiger partial charge in [0, 0.05) is 18.1 Å². The average Bonchev–Trinajstić information content (AvgIpc) is 2.61. The minimum Gasteiger partial charge on any atom is -0.382 e. The number of nitrogens with zero attached hydrogens (tertiary/aromatic N) is 2. The van der Waals surface area contributed by atoms with Crippen molar-refractivity contribution < 1.29 is 4.79 Å². The number of nitrogen functional groups attached to an aromatic ring is 1. The number of carbonyl (C=O) groups excluding carboxylic acids is 1. The highest BCUT2D eigenvalue weighted by Crippen LogP contribution is 2.60. The number of amides is 1. The lowest BCUT2D eigenvalue weighted by Crippen LogP contribution is -2.48. The van der Waals surface area contributed by atoms with Gasteiger partial charge < -0.3 is 11.1 Å². The number of anilines is 2. The Balaban J connectivity index is 1.35. The van der Waals surface area contributed by atoms with Crippen molar-refractivity contribution in [2.24, 2.45) is 17.8 Å². The topological polar surface area (TPSA) is 80.9 Å². The minimum atomic E-state index is -0.321. The molecule has 1 aromatic carbocycles. The fraction of sp³-hybridized carbons (Fsp3) is 0.476. The van der Waals surface area contributed by atoms with E-state index in [0.717, 1.165) is 23.4 Å². The summed E-state index contributed by atoms with van der Waals surface area (Å²) in [5.41, 5.74) is 8.50. The number of benzene rings is 1. The number of aromatic nitrogens is 2. The smallest absolute Gasteiger partial charge is 0.278 e. The number of hydrogen-bond acceptors (Lipinski definition) is 4. The van der Waals surface area contributed by atoms with Crippen LogP contribution in [0, 0.1) is 17.8 Å². The van der Waals surface area contributed by atoms with E-state index in [1.165, 1.54) is 56.5 Å². The Kier molecular flexibility index (Phi) is 3.52. The van der Waals surface area contributed by atoms with Crippen LogP contribution in [0.5, 0.6) is 0 Å². The van der Waals surface area contributed by atoms with E-state index < -0.39 is 0 Å². The van der Waals surface area contributed by atoms with Crippen molar-refractivity contribution in [1.82, 2.24) is 9.97 Å². The van der Waals surface area contributed by atoms with Crippen LogP contribution >= 0.6 is 0 Å². The van der Waals surface area contributed by atoms with E-state index >= 15 is 0 Å². The Bertz CT molecular complexity index is 810. The van der Waals surface area contributed by atoms with Gasteiger partial charge in [-0.3, -0.25) is 4.79 Å².